The average Bonchev–Trinajstić information content (AvgIpc) is 2.67. The topological polar surface area (TPSA) is 137 Å². The zero-order valence-corrected chi connectivity index (χ0v) is 17.9. The van der Waals surface area contributed by atoms with Crippen molar-refractivity contribution in [1.29, 1.82) is 0 Å². The smallest absolute Gasteiger partial charge is 0.211 e. The van der Waals surface area contributed by atoms with E-state index in [1.54, 1.807) is 0 Å². The van der Waals surface area contributed by atoms with Gasteiger partial charge in [0, 0.05) is 37.4 Å². The van der Waals surface area contributed by atoms with Crippen molar-refractivity contribution in [2.75, 3.05) is 26.5 Å². The van der Waals surface area contributed by atoms with E-state index in [1.807, 2.05) is 36.4 Å². The molecule has 0 radical (unpaired) electrons. The zero-order valence-electron chi connectivity index (χ0n) is 17.1. The summed E-state index contributed by atoms with van der Waals surface area (Å²) in [5.41, 5.74) is 0.697. The molecule has 10 heteroatoms. The van der Waals surface area contributed by atoms with Crippen LogP contribution in [-0.2, 0) is 21.5 Å². The Morgan fingerprint density at radius 3 is 1.90 bits per heavy atom. The molecule has 0 aromatic heterocycles. The third-order valence-electron chi connectivity index (χ3n) is 4.27. The molecule has 0 bridgehead atoms. The van der Waals surface area contributed by atoms with Crippen LogP contribution >= 0.6 is 0 Å². The van der Waals surface area contributed by atoms with Gasteiger partial charge in [0.05, 0.1) is 6.26 Å². The molecule has 31 heavy (non-hydrogen) atoms. The van der Waals surface area contributed by atoms with E-state index < -0.39 is 10.0 Å². The third kappa shape index (κ3) is 7.61. The van der Waals surface area contributed by atoms with Gasteiger partial charge < -0.3 is 20.1 Å². The highest BCUT2D eigenvalue weighted by Crippen LogP contribution is 2.27. The van der Waals surface area contributed by atoms with Crippen LogP contribution in [0.15, 0.2) is 54.6 Å². The molecule has 4 N–H and O–H groups in total. The van der Waals surface area contributed by atoms with Crippen molar-refractivity contribution in [2.24, 2.45) is 0 Å². The van der Waals surface area contributed by atoms with Crippen molar-refractivity contribution in [3.63, 3.8) is 0 Å². The minimum Gasteiger partial charge on any atom is -0.508 e. The molecule has 0 atom stereocenters. The Bertz CT molecular complexity index is 1070. The SMILES string of the molecule is CN(CCOc1cc2ccccc2cc1COO)S(C)(=O)=O.Oc1cc(O)cc(O)c1. The largest absolute Gasteiger partial charge is 0.508 e. The second-order valence-electron chi connectivity index (χ2n) is 6.72. The molecule has 168 valence electrons. The average molecular weight is 451 g/mol. The van der Waals surface area contributed by atoms with Gasteiger partial charge >= 0.3 is 0 Å². The summed E-state index contributed by atoms with van der Waals surface area (Å²) in [6, 6.07) is 14.9. The second kappa shape index (κ2) is 10.8. The van der Waals surface area contributed by atoms with Crippen molar-refractivity contribution < 1.29 is 38.6 Å². The van der Waals surface area contributed by atoms with Gasteiger partial charge in [-0.1, -0.05) is 24.3 Å². The Morgan fingerprint density at radius 2 is 1.42 bits per heavy atom. The van der Waals surface area contributed by atoms with Crippen molar-refractivity contribution in [3.05, 3.63) is 60.2 Å². The van der Waals surface area contributed by atoms with Crippen LogP contribution in [0.5, 0.6) is 23.0 Å². The third-order valence-corrected chi connectivity index (χ3v) is 5.58. The summed E-state index contributed by atoms with van der Waals surface area (Å²) in [6.07, 6.45) is 1.15. The monoisotopic (exact) mass is 451 g/mol. The van der Waals surface area contributed by atoms with Crippen LogP contribution in [0.3, 0.4) is 0 Å². The maximum Gasteiger partial charge on any atom is 0.211 e. The minimum absolute atomic E-state index is 0.00207. The van der Waals surface area contributed by atoms with Gasteiger partial charge in [0.2, 0.25) is 10.0 Å². The summed E-state index contributed by atoms with van der Waals surface area (Å²) in [7, 11) is -1.73. The summed E-state index contributed by atoms with van der Waals surface area (Å²) in [6.45, 7) is 0.452. The second-order valence-corrected chi connectivity index (χ2v) is 8.81. The normalized spacial score (nSPS) is 11.2. The fourth-order valence-corrected chi connectivity index (χ4v) is 3.02. The molecule has 0 unspecified atom stereocenters. The molecule has 3 aromatic rings. The van der Waals surface area contributed by atoms with E-state index in [2.05, 4.69) is 4.89 Å². The van der Waals surface area contributed by atoms with Crippen LogP contribution in [0.25, 0.3) is 10.8 Å². The lowest BCUT2D eigenvalue weighted by molar-refractivity contribution is -0.253. The summed E-state index contributed by atoms with van der Waals surface area (Å²) in [4.78, 5) is 4.21. The molecule has 0 heterocycles. The van der Waals surface area contributed by atoms with E-state index in [0.29, 0.717) is 11.3 Å². The van der Waals surface area contributed by atoms with Gasteiger partial charge in [-0.25, -0.2) is 17.6 Å². The van der Waals surface area contributed by atoms with Gasteiger partial charge in [0.25, 0.3) is 0 Å². The highest BCUT2D eigenvalue weighted by atomic mass is 32.2. The first-order chi connectivity index (χ1) is 14.6. The molecule has 0 saturated heterocycles. The molecule has 0 saturated carbocycles. The first-order valence-electron chi connectivity index (χ1n) is 9.14. The molecule has 0 amide bonds. The standard InChI is InChI=1S/C15H19NO5S.C6H6O3/c1-16(22(2,18)19)7-8-20-15-10-13-6-4-3-5-12(13)9-14(15)11-21-17;7-4-1-5(8)3-6(9)2-4/h3-6,9-10,17H,7-8,11H2,1-2H3;1-3,7-9H. The van der Waals surface area contributed by atoms with Gasteiger partial charge in [0.1, 0.15) is 36.2 Å². The lowest BCUT2D eigenvalue weighted by Gasteiger charge is -2.16. The summed E-state index contributed by atoms with van der Waals surface area (Å²) >= 11 is 0. The van der Waals surface area contributed by atoms with Crippen molar-refractivity contribution >= 4 is 20.8 Å². The summed E-state index contributed by atoms with van der Waals surface area (Å²) < 4.78 is 29.6. The maximum absolute atomic E-state index is 11.3. The predicted molar refractivity (Wildman–Crippen MR) is 116 cm³/mol. The quantitative estimate of drug-likeness (QED) is 0.318. The fourth-order valence-electron chi connectivity index (χ4n) is 2.61. The fraction of sp³-hybridized carbons (Fsp3) is 0.238. The lowest BCUT2D eigenvalue weighted by atomic mass is 10.1. The molecule has 3 rings (SSSR count). The van der Waals surface area contributed by atoms with Crippen LogP contribution in [-0.4, -0.2) is 59.8 Å². The number of aromatic hydroxyl groups is 3. The Balaban J connectivity index is 0.000000316. The van der Waals surface area contributed by atoms with E-state index in [9.17, 15) is 8.42 Å². The number of phenolic OH excluding ortho intramolecular Hbond substituents is 3. The number of hydrogen-bond donors (Lipinski definition) is 4. The highest BCUT2D eigenvalue weighted by Gasteiger charge is 2.12. The number of rotatable bonds is 7. The Kier molecular flexibility index (Phi) is 8.46. The highest BCUT2D eigenvalue weighted by molar-refractivity contribution is 7.88. The Labute approximate surface area is 180 Å². The van der Waals surface area contributed by atoms with E-state index in [-0.39, 0.29) is 37.0 Å². The Hall–Kier alpha value is -3.05. The van der Waals surface area contributed by atoms with Gasteiger partial charge in [-0.2, -0.15) is 0 Å². The number of fused-ring (bicyclic) bond motifs is 1. The zero-order chi connectivity index (χ0) is 23.0. The molecular formula is C21H25NO8S. The van der Waals surface area contributed by atoms with E-state index in [0.717, 1.165) is 35.2 Å². The maximum atomic E-state index is 11.3. The number of nitrogens with zero attached hydrogens (tertiary/aromatic N) is 1. The van der Waals surface area contributed by atoms with Crippen LogP contribution in [0.2, 0.25) is 0 Å². The molecule has 0 aliphatic heterocycles. The lowest BCUT2D eigenvalue weighted by Crippen LogP contribution is -2.29. The molecule has 0 fully saturated rings. The van der Waals surface area contributed by atoms with Crippen LogP contribution in [0, 0.1) is 0 Å². The number of sulfonamides is 1. The van der Waals surface area contributed by atoms with Crippen molar-refractivity contribution in [1.82, 2.24) is 4.31 Å². The molecule has 3 aromatic carbocycles. The minimum atomic E-state index is -3.22. The molecule has 0 aliphatic rings. The van der Waals surface area contributed by atoms with Gasteiger partial charge in [-0.15, -0.1) is 0 Å². The molecular weight excluding hydrogens is 426 g/mol. The van der Waals surface area contributed by atoms with Crippen LogP contribution in [0.4, 0.5) is 0 Å². The predicted octanol–water partition coefficient (Wildman–Crippen LogP) is 2.90. The Morgan fingerprint density at radius 1 is 0.903 bits per heavy atom. The van der Waals surface area contributed by atoms with Crippen molar-refractivity contribution in [2.45, 2.75) is 6.61 Å². The van der Waals surface area contributed by atoms with Gasteiger partial charge in [0.15, 0.2) is 0 Å². The number of phenols is 3. The van der Waals surface area contributed by atoms with E-state index in [1.165, 1.54) is 11.4 Å². The molecule has 0 aliphatic carbocycles. The van der Waals surface area contributed by atoms with E-state index in [4.69, 9.17) is 25.3 Å². The number of likely N-dealkylation sites (N-methyl/N-ethyl adjacent to an activating group) is 1. The first-order valence-corrected chi connectivity index (χ1v) is 11.0. The number of ether oxygens (including phenoxy) is 1. The van der Waals surface area contributed by atoms with Crippen molar-refractivity contribution in [3.8, 4) is 23.0 Å². The van der Waals surface area contributed by atoms with Crippen LogP contribution in [0.1, 0.15) is 5.56 Å². The number of hydrogen-bond acceptors (Lipinski definition) is 8. The first kappa shape index (κ1) is 24.2. The molecule has 0 spiro atoms. The van der Waals surface area contributed by atoms with Gasteiger partial charge in [-0.3, -0.25) is 5.26 Å². The van der Waals surface area contributed by atoms with E-state index >= 15 is 0 Å². The van der Waals surface area contributed by atoms with Crippen LogP contribution < -0.4 is 4.74 Å². The number of benzene rings is 3. The van der Waals surface area contributed by atoms with Gasteiger partial charge in [-0.05, 0) is 22.9 Å². The summed E-state index contributed by atoms with van der Waals surface area (Å²) in [5, 5.41) is 36.7. The molecule has 9 nitrogen and oxygen atoms in total. The summed E-state index contributed by atoms with van der Waals surface area (Å²) in [5.74, 6) is 0.127.